The van der Waals surface area contributed by atoms with Crippen molar-refractivity contribution < 1.29 is 14.3 Å². The summed E-state index contributed by atoms with van der Waals surface area (Å²) in [6.07, 6.45) is 1.72. The number of imide groups is 1. The molecule has 1 fully saturated rings. The lowest BCUT2D eigenvalue weighted by molar-refractivity contribution is -0.113. The highest BCUT2D eigenvalue weighted by Crippen LogP contribution is 2.36. The van der Waals surface area contributed by atoms with E-state index in [9.17, 15) is 9.59 Å². The molecule has 0 saturated carbocycles. The van der Waals surface area contributed by atoms with Gasteiger partial charge in [0.2, 0.25) is 0 Å². The SMILES string of the molecule is COc1ccc(/C=C2/SC(=O)N(c3cccc(C)c3)C2=O)cc1. The van der Waals surface area contributed by atoms with Crippen LogP contribution in [0.4, 0.5) is 10.5 Å². The number of methoxy groups -OCH3 is 1. The average Bonchev–Trinajstić information content (AvgIpc) is 2.82. The maximum atomic E-state index is 12.5. The first-order chi connectivity index (χ1) is 11.1. The maximum absolute atomic E-state index is 12.5. The van der Waals surface area contributed by atoms with Gasteiger partial charge in [0, 0.05) is 0 Å². The predicted molar refractivity (Wildman–Crippen MR) is 92.6 cm³/mol. The fourth-order valence-corrected chi connectivity index (χ4v) is 3.15. The summed E-state index contributed by atoms with van der Waals surface area (Å²) in [5.74, 6) is 0.455. The second kappa shape index (κ2) is 6.30. The number of amides is 2. The van der Waals surface area contributed by atoms with Crippen molar-refractivity contribution in [3.05, 3.63) is 64.6 Å². The smallest absolute Gasteiger partial charge is 0.298 e. The number of rotatable bonds is 3. The van der Waals surface area contributed by atoms with E-state index >= 15 is 0 Å². The highest BCUT2D eigenvalue weighted by molar-refractivity contribution is 8.19. The van der Waals surface area contributed by atoms with Gasteiger partial charge >= 0.3 is 0 Å². The van der Waals surface area contributed by atoms with Crippen molar-refractivity contribution in [1.82, 2.24) is 0 Å². The summed E-state index contributed by atoms with van der Waals surface area (Å²) in [5, 5.41) is -0.277. The highest BCUT2D eigenvalue weighted by Gasteiger charge is 2.36. The molecule has 0 aliphatic carbocycles. The predicted octanol–water partition coefficient (Wildman–Crippen LogP) is 4.24. The topological polar surface area (TPSA) is 46.6 Å². The van der Waals surface area contributed by atoms with Crippen LogP contribution in [0.5, 0.6) is 5.75 Å². The summed E-state index contributed by atoms with van der Waals surface area (Å²) >= 11 is 0.955. The molecule has 0 radical (unpaired) electrons. The van der Waals surface area contributed by atoms with Gasteiger partial charge in [0.05, 0.1) is 17.7 Å². The quantitative estimate of drug-likeness (QED) is 0.792. The summed E-state index contributed by atoms with van der Waals surface area (Å²) in [6, 6.07) is 14.7. The van der Waals surface area contributed by atoms with Crippen molar-refractivity contribution in [2.24, 2.45) is 0 Å². The molecule has 2 amide bonds. The standard InChI is InChI=1S/C18H15NO3S/c1-12-4-3-5-14(10-12)19-17(20)16(23-18(19)21)11-13-6-8-15(22-2)9-7-13/h3-11H,1-2H3/b16-11+. The minimum absolute atomic E-state index is 0.277. The Balaban J connectivity index is 1.89. The van der Waals surface area contributed by atoms with Crippen LogP contribution in [-0.4, -0.2) is 18.3 Å². The zero-order valence-electron chi connectivity index (χ0n) is 12.8. The lowest BCUT2D eigenvalue weighted by Gasteiger charge is -2.12. The Morgan fingerprint density at radius 1 is 1.09 bits per heavy atom. The second-order valence-electron chi connectivity index (χ2n) is 5.13. The molecule has 0 unspecified atom stereocenters. The Hall–Kier alpha value is -2.53. The van der Waals surface area contributed by atoms with Crippen LogP contribution in [0.25, 0.3) is 6.08 Å². The monoisotopic (exact) mass is 325 g/mol. The molecule has 0 aromatic heterocycles. The summed E-state index contributed by atoms with van der Waals surface area (Å²) in [6.45, 7) is 1.93. The van der Waals surface area contributed by atoms with Gasteiger partial charge in [-0.15, -0.1) is 0 Å². The van der Waals surface area contributed by atoms with Crippen LogP contribution in [0.2, 0.25) is 0 Å². The van der Waals surface area contributed by atoms with Gasteiger partial charge in [-0.2, -0.15) is 0 Å². The van der Waals surface area contributed by atoms with Crippen LogP contribution in [0.3, 0.4) is 0 Å². The van der Waals surface area contributed by atoms with E-state index in [0.717, 1.165) is 28.6 Å². The van der Waals surface area contributed by atoms with E-state index in [1.807, 2.05) is 49.4 Å². The van der Waals surface area contributed by atoms with Crippen LogP contribution in [-0.2, 0) is 4.79 Å². The molecule has 0 spiro atoms. The highest BCUT2D eigenvalue weighted by atomic mass is 32.2. The Morgan fingerprint density at radius 2 is 1.83 bits per heavy atom. The van der Waals surface area contributed by atoms with Gasteiger partial charge in [-0.1, -0.05) is 24.3 Å². The lowest BCUT2D eigenvalue weighted by Crippen LogP contribution is -2.27. The van der Waals surface area contributed by atoms with Crippen LogP contribution >= 0.6 is 11.8 Å². The Labute approximate surface area is 138 Å². The average molecular weight is 325 g/mol. The van der Waals surface area contributed by atoms with Crippen molar-refractivity contribution in [2.45, 2.75) is 6.92 Å². The molecular weight excluding hydrogens is 310 g/mol. The first-order valence-electron chi connectivity index (χ1n) is 7.07. The third-order valence-corrected chi connectivity index (χ3v) is 4.34. The normalized spacial score (nSPS) is 16.3. The molecule has 23 heavy (non-hydrogen) atoms. The van der Waals surface area contributed by atoms with Crippen molar-refractivity contribution in [3.63, 3.8) is 0 Å². The van der Waals surface area contributed by atoms with Crippen LogP contribution in [0.1, 0.15) is 11.1 Å². The van der Waals surface area contributed by atoms with Gasteiger partial charge in [-0.3, -0.25) is 9.59 Å². The summed E-state index contributed by atoms with van der Waals surface area (Å²) in [4.78, 5) is 26.4. The number of carbonyl (C=O) groups excluding carboxylic acids is 2. The maximum Gasteiger partial charge on any atom is 0.298 e. The molecule has 0 atom stereocenters. The minimum atomic E-state index is -0.290. The Morgan fingerprint density at radius 3 is 2.48 bits per heavy atom. The second-order valence-corrected chi connectivity index (χ2v) is 6.12. The molecule has 1 aliphatic heterocycles. The van der Waals surface area contributed by atoms with E-state index < -0.39 is 0 Å². The lowest BCUT2D eigenvalue weighted by atomic mass is 10.2. The van der Waals surface area contributed by atoms with Crippen LogP contribution in [0, 0.1) is 6.92 Å². The molecule has 5 heteroatoms. The molecule has 3 rings (SSSR count). The summed E-state index contributed by atoms with van der Waals surface area (Å²) in [7, 11) is 1.60. The van der Waals surface area contributed by atoms with E-state index in [-0.39, 0.29) is 11.1 Å². The minimum Gasteiger partial charge on any atom is -0.497 e. The molecule has 1 aliphatic rings. The van der Waals surface area contributed by atoms with Gasteiger partial charge in [-0.25, -0.2) is 4.90 Å². The van der Waals surface area contributed by atoms with E-state index in [1.165, 1.54) is 4.90 Å². The molecule has 4 nitrogen and oxygen atoms in total. The first kappa shape index (κ1) is 15.4. The number of hydrogen-bond acceptors (Lipinski definition) is 4. The van der Waals surface area contributed by atoms with Crippen LogP contribution in [0.15, 0.2) is 53.4 Å². The Bertz CT molecular complexity index is 796. The van der Waals surface area contributed by atoms with Crippen molar-refractivity contribution in [3.8, 4) is 5.75 Å². The summed E-state index contributed by atoms with van der Waals surface area (Å²) < 4.78 is 5.11. The van der Waals surface area contributed by atoms with Gasteiger partial charge in [0.15, 0.2) is 0 Å². The first-order valence-corrected chi connectivity index (χ1v) is 7.89. The Kier molecular flexibility index (Phi) is 4.21. The van der Waals surface area contributed by atoms with E-state index in [0.29, 0.717) is 10.6 Å². The number of thioether (sulfide) groups is 1. The van der Waals surface area contributed by atoms with Gasteiger partial charge < -0.3 is 4.74 Å². The number of hydrogen-bond donors (Lipinski definition) is 0. The van der Waals surface area contributed by atoms with E-state index in [4.69, 9.17) is 4.74 Å². The van der Waals surface area contributed by atoms with E-state index in [1.54, 1.807) is 19.3 Å². The largest absolute Gasteiger partial charge is 0.497 e. The number of anilines is 1. The van der Waals surface area contributed by atoms with Crippen molar-refractivity contribution >= 4 is 34.7 Å². The zero-order valence-corrected chi connectivity index (χ0v) is 13.6. The number of carbonyl (C=O) groups is 2. The molecule has 116 valence electrons. The molecule has 2 aromatic carbocycles. The zero-order chi connectivity index (χ0) is 16.4. The van der Waals surface area contributed by atoms with Crippen molar-refractivity contribution in [2.75, 3.05) is 12.0 Å². The number of benzene rings is 2. The molecule has 1 saturated heterocycles. The molecule has 0 bridgehead atoms. The van der Waals surface area contributed by atoms with Gasteiger partial charge in [-0.05, 0) is 60.2 Å². The number of nitrogens with zero attached hydrogens (tertiary/aromatic N) is 1. The van der Waals surface area contributed by atoms with Crippen LogP contribution < -0.4 is 9.64 Å². The summed E-state index contributed by atoms with van der Waals surface area (Å²) in [5.41, 5.74) is 2.45. The van der Waals surface area contributed by atoms with E-state index in [2.05, 4.69) is 0 Å². The molecular formula is C18H15NO3S. The fraction of sp³-hybridized carbons (Fsp3) is 0.111. The number of aryl methyl sites for hydroxylation is 1. The molecule has 1 heterocycles. The third kappa shape index (κ3) is 3.14. The molecule has 0 N–H and O–H groups in total. The van der Waals surface area contributed by atoms with Crippen molar-refractivity contribution in [1.29, 1.82) is 0 Å². The van der Waals surface area contributed by atoms with Gasteiger partial charge in [0.25, 0.3) is 11.1 Å². The molecule has 2 aromatic rings. The number of ether oxygens (including phenoxy) is 1. The third-order valence-electron chi connectivity index (χ3n) is 3.47. The van der Waals surface area contributed by atoms with Gasteiger partial charge in [0.1, 0.15) is 5.75 Å². The fourth-order valence-electron chi connectivity index (χ4n) is 2.31.